The van der Waals surface area contributed by atoms with Crippen molar-refractivity contribution in [3.8, 4) is 5.69 Å². The first kappa shape index (κ1) is 22.3. The minimum absolute atomic E-state index is 0.0973. The van der Waals surface area contributed by atoms with Crippen molar-refractivity contribution in [2.24, 2.45) is 0 Å². The Balaban J connectivity index is 1.54. The van der Waals surface area contributed by atoms with Gasteiger partial charge in [0.15, 0.2) is 0 Å². The van der Waals surface area contributed by atoms with Gasteiger partial charge in [-0.25, -0.2) is 9.36 Å². The molecule has 7 nitrogen and oxygen atoms in total. The molecule has 2 heterocycles. The fourth-order valence-electron chi connectivity index (χ4n) is 3.63. The van der Waals surface area contributed by atoms with E-state index in [1.807, 2.05) is 0 Å². The molecule has 0 fully saturated rings. The van der Waals surface area contributed by atoms with E-state index in [2.05, 4.69) is 15.5 Å². The van der Waals surface area contributed by atoms with Crippen LogP contribution in [0.15, 0.2) is 59.5 Å². The molecule has 0 unspecified atom stereocenters. The lowest BCUT2D eigenvalue weighted by Gasteiger charge is -2.16. The van der Waals surface area contributed by atoms with Crippen molar-refractivity contribution in [1.29, 1.82) is 0 Å². The Bertz CT molecular complexity index is 1410. The van der Waals surface area contributed by atoms with E-state index in [9.17, 15) is 22.8 Å². The largest absolute Gasteiger partial charge is 0.416 e. The zero-order valence-corrected chi connectivity index (χ0v) is 17.8. The van der Waals surface area contributed by atoms with Gasteiger partial charge in [0.05, 0.1) is 28.5 Å². The third-order valence-electron chi connectivity index (χ3n) is 5.18. The second-order valence-corrected chi connectivity index (χ2v) is 7.65. The Kier molecular flexibility index (Phi) is 5.75. The molecule has 0 aliphatic carbocycles. The molecular formula is C23H20F3N5O2. The first-order valence-corrected chi connectivity index (χ1v) is 10.1. The molecule has 33 heavy (non-hydrogen) atoms. The van der Waals surface area contributed by atoms with Crippen LogP contribution in [0, 0.1) is 13.8 Å². The Labute approximate surface area is 186 Å². The van der Waals surface area contributed by atoms with Gasteiger partial charge in [-0.15, -0.1) is 0 Å². The van der Waals surface area contributed by atoms with E-state index in [0.717, 1.165) is 10.7 Å². The quantitative estimate of drug-likeness (QED) is 0.499. The number of hydrogen-bond acceptors (Lipinski definition) is 4. The fourth-order valence-corrected chi connectivity index (χ4v) is 3.63. The summed E-state index contributed by atoms with van der Waals surface area (Å²) in [5, 5.41) is 11.7. The van der Waals surface area contributed by atoms with Crippen molar-refractivity contribution in [3.05, 3.63) is 87.6 Å². The van der Waals surface area contributed by atoms with E-state index < -0.39 is 29.8 Å². The Hall–Kier alpha value is -3.95. The van der Waals surface area contributed by atoms with Crippen molar-refractivity contribution >= 4 is 16.7 Å². The number of hydrogen-bond donors (Lipinski definition) is 1. The van der Waals surface area contributed by atoms with Crippen LogP contribution in [0.5, 0.6) is 0 Å². The number of aromatic nitrogens is 4. The average Bonchev–Trinajstić information content (AvgIpc) is 3.11. The standard InChI is InChI=1S/C23H20F3N5O2/c1-14-9-15(2)31(29-14)18-8-7-17(20(10-18)23(24,25)26)11-27-21(32)13-30-22(33)19-6-4-3-5-16(19)12-28-30/h3-10,12H,11,13H2,1-2H3,(H,27,32). The molecule has 4 aromatic rings. The SMILES string of the molecule is Cc1cc(C)n(-c2ccc(CNC(=O)Cn3ncc4ccccc4c3=O)c(C(F)(F)F)c2)n1. The molecule has 2 aromatic carbocycles. The van der Waals surface area contributed by atoms with Gasteiger partial charge >= 0.3 is 6.18 Å². The highest BCUT2D eigenvalue weighted by molar-refractivity contribution is 5.81. The molecule has 170 valence electrons. The molecular weight excluding hydrogens is 435 g/mol. The Morgan fingerprint density at radius 3 is 2.55 bits per heavy atom. The first-order valence-electron chi connectivity index (χ1n) is 10.1. The molecule has 0 atom stereocenters. The van der Waals surface area contributed by atoms with Crippen molar-refractivity contribution < 1.29 is 18.0 Å². The zero-order valence-electron chi connectivity index (χ0n) is 17.8. The number of alkyl halides is 3. The van der Waals surface area contributed by atoms with Crippen LogP contribution < -0.4 is 10.9 Å². The number of halogens is 3. The van der Waals surface area contributed by atoms with Crippen LogP contribution in [0.25, 0.3) is 16.5 Å². The topological polar surface area (TPSA) is 81.8 Å². The van der Waals surface area contributed by atoms with Gasteiger partial charge in [0.2, 0.25) is 5.91 Å². The minimum atomic E-state index is -4.62. The van der Waals surface area contributed by atoms with Crippen LogP contribution in [0.3, 0.4) is 0 Å². The maximum absolute atomic E-state index is 13.7. The van der Waals surface area contributed by atoms with Crippen molar-refractivity contribution in [2.45, 2.75) is 33.1 Å². The van der Waals surface area contributed by atoms with Gasteiger partial charge in [-0.05, 0) is 43.7 Å². The van der Waals surface area contributed by atoms with E-state index in [1.54, 1.807) is 44.2 Å². The van der Waals surface area contributed by atoms with Crippen LogP contribution in [-0.2, 0) is 24.1 Å². The smallest absolute Gasteiger partial charge is 0.350 e. The highest BCUT2D eigenvalue weighted by atomic mass is 19.4. The molecule has 1 amide bonds. The molecule has 0 bridgehead atoms. The van der Waals surface area contributed by atoms with Gasteiger partial charge in [0.1, 0.15) is 6.54 Å². The van der Waals surface area contributed by atoms with Crippen molar-refractivity contribution in [2.75, 3.05) is 0 Å². The fraction of sp³-hybridized carbons (Fsp3) is 0.217. The third kappa shape index (κ3) is 4.64. The van der Waals surface area contributed by atoms with E-state index in [4.69, 9.17) is 0 Å². The third-order valence-corrected chi connectivity index (χ3v) is 5.18. The lowest BCUT2D eigenvalue weighted by Crippen LogP contribution is -2.33. The summed E-state index contributed by atoms with van der Waals surface area (Å²) in [7, 11) is 0. The Morgan fingerprint density at radius 2 is 1.85 bits per heavy atom. The highest BCUT2D eigenvalue weighted by Crippen LogP contribution is 2.33. The van der Waals surface area contributed by atoms with Crippen molar-refractivity contribution in [3.63, 3.8) is 0 Å². The number of aryl methyl sites for hydroxylation is 2. The van der Waals surface area contributed by atoms with Crippen molar-refractivity contribution in [1.82, 2.24) is 24.9 Å². The summed E-state index contributed by atoms with van der Waals surface area (Å²) >= 11 is 0. The lowest BCUT2D eigenvalue weighted by molar-refractivity contribution is -0.138. The van der Waals surface area contributed by atoms with Gasteiger partial charge in [0.25, 0.3) is 5.56 Å². The molecule has 0 aliphatic heterocycles. The van der Waals surface area contributed by atoms with Gasteiger partial charge in [0, 0.05) is 17.6 Å². The number of amides is 1. The monoisotopic (exact) mass is 455 g/mol. The molecule has 2 aromatic heterocycles. The molecule has 0 radical (unpaired) electrons. The summed E-state index contributed by atoms with van der Waals surface area (Å²) in [6, 6.07) is 12.4. The molecule has 0 saturated carbocycles. The van der Waals surface area contributed by atoms with Gasteiger partial charge in [-0.2, -0.15) is 23.4 Å². The number of rotatable bonds is 5. The molecule has 0 aliphatic rings. The summed E-state index contributed by atoms with van der Waals surface area (Å²) in [6.07, 6.45) is -3.16. The van der Waals surface area contributed by atoms with Gasteiger partial charge < -0.3 is 5.32 Å². The summed E-state index contributed by atoms with van der Waals surface area (Å²) in [4.78, 5) is 24.9. The van der Waals surface area contributed by atoms with Gasteiger partial charge in [-0.3, -0.25) is 9.59 Å². The van der Waals surface area contributed by atoms with Crippen LogP contribution in [-0.4, -0.2) is 25.5 Å². The minimum Gasteiger partial charge on any atom is -0.350 e. The number of carbonyl (C=O) groups excluding carboxylic acids is 1. The van der Waals surface area contributed by atoms with E-state index in [1.165, 1.54) is 23.0 Å². The second kappa shape index (κ2) is 8.53. The number of nitrogens with one attached hydrogen (secondary N) is 1. The summed E-state index contributed by atoms with van der Waals surface area (Å²) in [6.45, 7) is 2.75. The first-order chi connectivity index (χ1) is 15.6. The number of fused-ring (bicyclic) bond motifs is 1. The predicted octanol–water partition coefficient (Wildman–Crippen LogP) is 3.53. The number of nitrogens with zero attached hydrogens (tertiary/aromatic N) is 4. The maximum Gasteiger partial charge on any atom is 0.416 e. The highest BCUT2D eigenvalue weighted by Gasteiger charge is 2.34. The summed E-state index contributed by atoms with van der Waals surface area (Å²) in [5.74, 6) is -0.629. The number of benzene rings is 2. The van der Waals surface area contributed by atoms with Gasteiger partial charge in [-0.1, -0.05) is 24.3 Å². The van der Waals surface area contributed by atoms with Crippen LogP contribution in [0.4, 0.5) is 13.2 Å². The summed E-state index contributed by atoms with van der Waals surface area (Å²) in [5.41, 5.74) is 0.252. The number of carbonyl (C=O) groups is 1. The van der Waals surface area contributed by atoms with Crippen LogP contribution in [0.1, 0.15) is 22.5 Å². The normalized spacial score (nSPS) is 11.7. The lowest BCUT2D eigenvalue weighted by atomic mass is 10.1. The summed E-state index contributed by atoms with van der Waals surface area (Å²) < 4.78 is 43.6. The van der Waals surface area contributed by atoms with Crippen LogP contribution in [0.2, 0.25) is 0 Å². The molecule has 0 spiro atoms. The van der Waals surface area contributed by atoms with E-state index in [0.29, 0.717) is 22.2 Å². The average molecular weight is 455 g/mol. The van der Waals surface area contributed by atoms with E-state index >= 15 is 0 Å². The molecule has 10 heteroatoms. The predicted molar refractivity (Wildman–Crippen MR) is 116 cm³/mol. The molecule has 0 saturated heterocycles. The molecule has 4 rings (SSSR count). The Morgan fingerprint density at radius 1 is 1.09 bits per heavy atom. The second-order valence-electron chi connectivity index (χ2n) is 7.65. The maximum atomic E-state index is 13.7. The zero-order chi connectivity index (χ0) is 23.8. The molecule has 1 N–H and O–H groups in total. The van der Waals surface area contributed by atoms with E-state index in [-0.39, 0.29) is 17.8 Å². The van der Waals surface area contributed by atoms with Crippen LogP contribution >= 0.6 is 0 Å².